The van der Waals surface area contributed by atoms with E-state index in [1.54, 1.807) is 4.68 Å². The van der Waals surface area contributed by atoms with Gasteiger partial charge in [0.2, 0.25) is 0 Å². The van der Waals surface area contributed by atoms with Crippen molar-refractivity contribution >= 4 is 11.8 Å². The fourth-order valence-corrected chi connectivity index (χ4v) is 1.78. The van der Waals surface area contributed by atoms with Crippen molar-refractivity contribution in [2.75, 3.05) is 5.32 Å². The number of rotatable bonds is 2. The Morgan fingerprint density at radius 2 is 2.12 bits per heavy atom. The summed E-state index contributed by atoms with van der Waals surface area (Å²) in [4.78, 5) is 4.06. The first kappa shape index (κ1) is 9.83. The molecule has 1 aromatic carbocycles. The van der Waals surface area contributed by atoms with Gasteiger partial charge < -0.3 is 11.1 Å². The predicted octanol–water partition coefficient (Wildman–Crippen LogP) is 0.567. The number of nitrogens with zero attached hydrogens (tertiary/aromatic N) is 4. The van der Waals surface area contributed by atoms with Crippen LogP contribution in [0.2, 0.25) is 0 Å². The van der Waals surface area contributed by atoms with Gasteiger partial charge in [-0.1, -0.05) is 35.5 Å². The summed E-state index contributed by atoms with van der Waals surface area (Å²) < 4.78 is 1.80. The van der Waals surface area contributed by atoms with Crippen molar-refractivity contribution in [3.63, 3.8) is 0 Å². The molecule has 1 aliphatic heterocycles. The minimum Gasteiger partial charge on any atom is -0.370 e. The van der Waals surface area contributed by atoms with E-state index >= 15 is 0 Å². The van der Waals surface area contributed by atoms with Crippen LogP contribution in [0.3, 0.4) is 0 Å². The van der Waals surface area contributed by atoms with E-state index in [1.807, 2.05) is 30.3 Å². The summed E-state index contributed by atoms with van der Waals surface area (Å²) in [6.07, 6.45) is 0. The Morgan fingerprint density at radius 1 is 1.29 bits per heavy atom. The molecule has 0 saturated carbocycles. The smallest absolute Gasteiger partial charge is 0.194 e. The molecular weight excluding hydrogens is 216 g/mol. The molecule has 0 amide bonds. The molecule has 0 aliphatic carbocycles. The first-order valence-electron chi connectivity index (χ1n) is 5.36. The van der Waals surface area contributed by atoms with Gasteiger partial charge in [0.1, 0.15) is 5.69 Å². The molecule has 1 aliphatic rings. The van der Waals surface area contributed by atoms with Gasteiger partial charge in [0, 0.05) is 0 Å². The predicted molar refractivity (Wildman–Crippen MR) is 64.5 cm³/mol. The van der Waals surface area contributed by atoms with E-state index in [0.717, 1.165) is 11.5 Å². The molecular formula is C11H12N6. The van der Waals surface area contributed by atoms with E-state index in [1.165, 1.54) is 5.56 Å². The van der Waals surface area contributed by atoms with Crippen molar-refractivity contribution in [2.45, 2.75) is 13.1 Å². The minimum atomic E-state index is 0.411. The lowest BCUT2D eigenvalue weighted by Crippen LogP contribution is -2.27. The number of nitrogens with two attached hydrogens (primary N) is 1. The lowest BCUT2D eigenvalue weighted by Gasteiger charge is -2.12. The number of aliphatic imine (C=N–C) groups is 1. The van der Waals surface area contributed by atoms with Crippen LogP contribution in [-0.2, 0) is 13.1 Å². The highest BCUT2D eigenvalue weighted by Crippen LogP contribution is 2.17. The second-order valence-corrected chi connectivity index (χ2v) is 3.85. The monoisotopic (exact) mass is 228 g/mol. The molecule has 1 aromatic heterocycles. The van der Waals surface area contributed by atoms with Crippen molar-refractivity contribution in [3.05, 3.63) is 41.6 Å². The number of fused-ring (bicyclic) bond motifs is 1. The van der Waals surface area contributed by atoms with Gasteiger partial charge in [-0.25, -0.2) is 9.67 Å². The van der Waals surface area contributed by atoms with Gasteiger partial charge >= 0.3 is 0 Å². The highest BCUT2D eigenvalue weighted by molar-refractivity contribution is 5.93. The van der Waals surface area contributed by atoms with E-state index in [4.69, 9.17) is 5.73 Å². The van der Waals surface area contributed by atoms with E-state index < -0.39 is 0 Å². The van der Waals surface area contributed by atoms with Crippen LogP contribution in [0.25, 0.3) is 0 Å². The molecule has 0 atom stereocenters. The summed E-state index contributed by atoms with van der Waals surface area (Å²) in [5.74, 6) is 1.25. The summed E-state index contributed by atoms with van der Waals surface area (Å²) in [5.41, 5.74) is 7.64. The molecule has 0 unspecified atom stereocenters. The normalized spacial score (nSPS) is 13.8. The highest BCUT2D eigenvalue weighted by Gasteiger charge is 2.17. The third kappa shape index (κ3) is 1.84. The second-order valence-electron chi connectivity index (χ2n) is 3.85. The Hall–Kier alpha value is -2.37. The van der Waals surface area contributed by atoms with E-state index in [9.17, 15) is 0 Å². The highest BCUT2D eigenvalue weighted by atomic mass is 15.5. The van der Waals surface area contributed by atoms with Crippen molar-refractivity contribution in [1.82, 2.24) is 15.0 Å². The van der Waals surface area contributed by atoms with Gasteiger partial charge in [0.15, 0.2) is 11.8 Å². The van der Waals surface area contributed by atoms with Crippen LogP contribution < -0.4 is 11.1 Å². The maximum atomic E-state index is 5.64. The van der Waals surface area contributed by atoms with Gasteiger partial charge in [-0.3, -0.25) is 0 Å². The van der Waals surface area contributed by atoms with Crippen LogP contribution in [-0.4, -0.2) is 21.0 Å². The summed E-state index contributed by atoms with van der Waals surface area (Å²) in [7, 11) is 0. The largest absolute Gasteiger partial charge is 0.370 e. The molecule has 6 nitrogen and oxygen atoms in total. The van der Waals surface area contributed by atoms with Crippen LogP contribution in [0, 0.1) is 0 Å². The van der Waals surface area contributed by atoms with Gasteiger partial charge in [-0.05, 0) is 5.56 Å². The lowest BCUT2D eigenvalue weighted by atomic mass is 10.2. The average molecular weight is 228 g/mol. The molecule has 17 heavy (non-hydrogen) atoms. The number of hydrogen-bond acceptors (Lipinski definition) is 5. The fraction of sp³-hybridized carbons (Fsp3) is 0.182. The Kier molecular flexibility index (Phi) is 2.25. The van der Waals surface area contributed by atoms with Crippen LogP contribution in [0.15, 0.2) is 35.3 Å². The quantitative estimate of drug-likeness (QED) is 0.787. The zero-order chi connectivity index (χ0) is 11.7. The van der Waals surface area contributed by atoms with Crippen LogP contribution >= 0.6 is 0 Å². The molecule has 3 rings (SSSR count). The maximum absolute atomic E-state index is 5.64. The molecule has 0 saturated heterocycles. The average Bonchev–Trinajstić information content (AvgIpc) is 2.73. The first-order chi connectivity index (χ1) is 8.33. The van der Waals surface area contributed by atoms with Crippen LogP contribution in [0.5, 0.6) is 0 Å². The standard InChI is InChI=1S/C11H12N6/c12-11-13-6-9-10(14-11)17(16-15-9)7-8-4-2-1-3-5-8/h1-5H,6-7H2,(H3,12,13,14). The fourth-order valence-electron chi connectivity index (χ4n) is 1.78. The number of nitrogens with one attached hydrogen (secondary N) is 1. The number of benzene rings is 1. The summed E-state index contributed by atoms with van der Waals surface area (Å²) >= 11 is 0. The van der Waals surface area contributed by atoms with E-state index in [2.05, 4.69) is 20.6 Å². The molecule has 2 aromatic rings. The molecule has 0 bridgehead atoms. The van der Waals surface area contributed by atoms with Crippen molar-refractivity contribution in [3.8, 4) is 0 Å². The van der Waals surface area contributed by atoms with Gasteiger partial charge in [-0.15, -0.1) is 5.10 Å². The molecule has 0 radical (unpaired) electrons. The molecule has 0 fully saturated rings. The summed E-state index contributed by atoms with van der Waals surface area (Å²) in [5, 5.41) is 11.2. The number of guanidine groups is 1. The molecule has 2 heterocycles. The summed E-state index contributed by atoms with van der Waals surface area (Å²) in [6, 6.07) is 10.1. The number of hydrogen-bond donors (Lipinski definition) is 2. The number of anilines is 1. The van der Waals surface area contributed by atoms with Gasteiger partial charge in [-0.2, -0.15) is 0 Å². The second kappa shape index (κ2) is 3.89. The Bertz CT molecular complexity index is 557. The van der Waals surface area contributed by atoms with Crippen LogP contribution in [0.1, 0.15) is 11.3 Å². The Balaban J connectivity index is 1.89. The summed E-state index contributed by atoms with van der Waals surface area (Å²) in [6.45, 7) is 1.16. The third-order valence-electron chi connectivity index (χ3n) is 2.63. The molecule has 86 valence electrons. The zero-order valence-corrected chi connectivity index (χ0v) is 9.17. The zero-order valence-electron chi connectivity index (χ0n) is 9.17. The Morgan fingerprint density at radius 3 is 2.94 bits per heavy atom. The van der Waals surface area contributed by atoms with Crippen molar-refractivity contribution in [1.29, 1.82) is 0 Å². The first-order valence-corrected chi connectivity index (χ1v) is 5.36. The van der Waals surface area contributed by atoms with Crippen LogP contribution in [0.4, 0.5) is 5.82 Å². The molecule has 3 N–H and O–H groups in total. The lowest BCUT2D eigenvalue weighted by molar-refractivity contribution is 0.656. The van der Waals surface area contributed by atoms with Crippen molar-refractivity contribution < 1.29 is 0 Å². The van der Waals surface area contributed by atoms with Crippen molar-refractivity contribution in [2.24, 2.45) is 10.7 Å². The Labute approximate surface area is 98.2 Å². The van der Waals surface area contributed by atoms with Gasteiger partial charge in [0.05, 0.1) is 13.1 Å². The third-order valence-corrected chi connectivity index (χ3v) is 2.63. The minimum absolute atomic E-state index is 0.411. The SMILES string of the molecule is NC1=NCc2nnn(Cc3ccccc3)c2N1. The van der Waals surface area contributed by atoms with Gasteiger partial charge in [0.25, 0.3) is 0 Å². The molecule has 0 spiro atoms. The maximum Gasteiger partial charge on any atom is 0.194 e. The van der Waals surface area contributed by atoms with E-state index in [-0.39, 0.29) is 0 Å². The van der Waals surface area contributed by atoms with E-state index in [0.29, 0.717) is 19.0 Å². The number of aromatic nitrogens is 3. The topological polar surface area (TPSA) is 81.1 Å². The molecule has 6 heteroatoms.